The standard InChI is InChI=1S/C22H27N3O3S/c1-14-17(15(2)24-22(23-14)29-3)7-9-21(26)25-10-4-5-18(25)16-6-8-19-20(13-16)28-12-11-27-19/h6,8,13,18H,4-5,7,9-12H2,1-3H3/t18-/m1/s1. The Morgan fingerprint density at radius 3 is 2.62 bits per heavy atom. The third kappa shape index (κ3) is 4.20. The number of nitrogens with zero attached hydrogens (tertiary/aromatic N) is 3. The van der Waals surface area contributed by atoms with E-state index < -0.39 is 0 Å². The molecular formula is C22H27N3O3S. The van der Waals surface area contributed by atoms with E-state index in [2.05, 4.69) is 16.0 Å². The number of carbonyl (C=O) groups is 1. The summed E-state index contributed by atoms with van der Waals surface area (Å²) in [5, 5.41) is 0.785. The van der Waals surface area contributed by atoms with Crippen molar-refractivity contribution in [2.75, 3.05) is 26.0 Å². The molecule has 3 heterocycles. The number of aryl methyl sites for hydroxylation is 2. The zero-order valence-electron chi connectivity index (χ0n) is 17.2. The van der Waals surface area contributed by atoms with Gasteiger partial charge in [-0.1, -0.05) is 17.8 Å². The normalized spacial score (nSPS) is 18.2. The Morgan fingerprint density at radius 2 is 1.90 bits per heavy atom. The number of aromatic nitrogens is 2. The molecule has 1 atom stereocenters. The first kappa shape index (κ1) is 20.0. The summed E-state index contributed by atoms with van der Waals surface area (Å²) in [6.07, 6.45) is 5.13. The van der Waals surface area contributed by atoms with Gasteiger partial charge in [-0.25, -0.2) is 9.97 Å². The molecule has 0 N–H and O–H groups in total. The highest BCUT2D eigenvalue weighted by atomic mass is 32.2. The number of rotatable bonds is 5. The van der Waals surface area contributed by atoms with E-state index in [0.29, 0.717) is 26.1 Å². The fourth-order valence-corrected chi connectivity index (χ4v) is 4.67. The molecule has 2 aromatic rings. The van der Waals surface area contributed by atoms with Crippen molar-refractivity contribution in [2.45, 2.75) is 50.7 Å². The fraction of sp³-hybridized carbons (Fsp3) is 0.500. The van der Waals surface area contributed by atoms with Gasteiger partial charge in [-0.3, -0.25) is 4.79 Å². The summed E-state index contributed by atoms with van der Waals surface area (Å²) in [7, 11) is 0. The van der Waals surface area contributed by atoms with Crippen molar-refractivity contribution in [3.63, 3.8) is 0 Å². The minimum atomic E-state index is 0.107. The molecule has 154 valence electrons. The lowest BCUT2D eigenvalue weighted by atomic mass is 10.0. The van der Waals surface area contributed by atoms with Crippen LogP contribution in [-0.2, 0) is 11.2 Å². The van der Waals surface area contributed by atoms with Crippen LogP contribution in [0.1, 0.15) is 47.8 Å². The summed E-state index contributed by atoms with van der Waals surface area (Å²) in [5.74, 6) is 1.76. The second kappa shape index (κ2) is 8.61. The van der Waals surface area contributed by atoms with Gasteiger partial charge in [0, 0.05) is 24.4 Å². The highest BCUT2D eigenvalue weighted by Gasteiger charge is 2.30. The van der Waals surface area contributed by atoms with Crippen LogP contribution in [0.15, 0.2) is 23.4 Å². The van der Waals surface area contributed by atoms with Crippen molar-refractivity contribution >= 4 is 17.7 Å². The maximum absolute atomic E-state index is 13.1. The van der Waals surface area contributed by atoms with E-state index >= 15 is 0 Å². The molecule has 1 amide bonds. The predicted molar refractivity (Wildman–Crippen MR) is 113 cm³/mol. The number of thioether (sulfide) groups is 1. The third-order valence-electron chi connectivity index (χ3n) is 5.70. The minimum Gasteiger partial charge on any atom is -0.486 e. The van der Waals surface area contributed by atoms with Crippen molar-refractivity contribution in [3.8, 4) is 11.5 Å². The molecule has 1 saturated heterocycles. The first-order valence-electron chi connectivity index (χ1n) is 10.1. The smallest absolute Gasteiger partial charge is 0.223 e. The molecule has 1 aromatic carbocycles. The van der Waals surface area contributed by atoms with Gasteiger partial charge in [-0.2, -0.15) is 0 Å². The van der Waals surface area contributed by atoms with Crippen LogP contribution in [0.3, 0.4) is 0 Å². The van der Waals surface area contributed by atoms with Gasteiger partial charge in [0.1, 0.15) is 13.2 Å². The maximum atomic E-state index is 13.1. The van der Waals surface area contributed by atoms with Gasteiger partial charge in [0.2, 0.25) is 5.91 Å². The quantitative estimate of drug-likeness (QED) is 0.547. The highest BCUT2D eigenvalue weighted by Crippen LogP contribution is 2.38. The van der Waals surface area contributed by atoms with Gasteiger partial charge in [0.25, 0.3) is 0 Å². The second-order valence-corrected chi connectivity index (χ2v) is 8.28. The van der Waals surface area contributed by atoms with Crippen LogP contribution >= 0.6 is 11.8 Å². The van der Waals surface area contributed by atoms with Gasteiger partial charge >= 0.3 is 0 Å². The maximum Gasteiger partial charge on any atom is 0.223 e. The lowest BCUT2D eigenvalue weighted by Gasteiger charge is -2.27. The van der Waals surface area contributed by atoms with Crippen LogP contribution < -0.4 is 9.47 Å². The Kier molecular flexibility index (Phi) is 5.94. The first-order chi connectivity index (χ1) is 14.1. The predicted octanol–water partition coefficient (Wildman–Crippen LogP) is 3.88. The molecule has 29 heavy (non-hydrogen) atoms. The first-order valence-corrected chi connectivity index (χ1v) is 11.4. The number of hydrogen-bond donors (Lipinski definition) is 0. The van der Waals surface area contributed by atoms with Crippen molar-refractivity contribution < 1.29 is 14.3 Å². The molecular weight excluding hydrogens is 386 g/mol. The molecule has 2 aliphatic heterocycles. The second-order valence-electron chi connectivity index (χ2n) is 7.51. The van der Waals surface area contributed by atoms with Crippen LogP contribution in [-0.4, -0.2) is 46.8 Å². The van der Waals surface area contributed by atoms with Crippen LogP contribution in [0, 0.1) is 13.8 Å². The lowest BCUT2D eigenvalue weighted by molar-refractivity contribution is -0.132. The van der Waals surface area contributed by atoms with E-state index in [1.54, 1.807) is 11.8 Å². The minimum absolute atomic E-state index is 0.107. The van der Waals surface area contributed by atoms with E-state index in [-0.39, 0.29) is 11.9 Å². The zero-order chi connectivity index (χ0) is 20.4. The molecule has 0 aliphatic carbocycles. The molecule has 6 nitrogen and oxygen atoms in total. The Bertz CT molecular complexity index is 895. The van der Waals surface area contributed by atoms with Crippen LogP contribution in [0.2, 0.25) is 0 Å². The number of hydrogen-bond acceptors (Lipinski definition) is 6. The van der Waals surface area contributed by atoms with E-state index in [1.807, 2.05) is 37.1 Å². The molecule has 0 unspecified atom stereocenters. The summed E-state index contributed by atoms with van der Waals surface area (Å²) >= 11 is 1.54. The van der Waals surface area contributed by atoms with Crippen LogP contribution in [0.25, 0.3) is 0 Å². The van der Waals surface area contributed by atoms with Crippen molar-refractivity contribution in [1.82, 2.24) is 14.9 Å². The summed E-state index contributed by atoms with van der Waals surface area (Å²) in [6.45, 7) is 5.96. The van der Waals surface area contributed by atoms with E-state index in [1.165, 1.54) is 0 Å². The van der Waals surface area contributed by atoms with E-state index in [0.717, 1.165) is 58.6 Å². The number of fused-ring (bicyclic) bond motifs is 1. The van der Waals surface area contributed by atoms with Crippen LogP contribution in [0.5, 0.6) is 11.5 Å². The van der Waals surface area contributed by atoms with Gasteiger partial charge < -0.3 is 14.4 Å². The molecule has 1 aromatic heterocycles. The largest absolute Gasteiger partial charge is 0.486 e. The zero-order valence-corrected chi connectivity index (χ0v) is 18.1. The monoisotopic (exact) mass is 413 g/mol. The lowest BCUT2D eigenvalue weighted by Crippen LogP contribution is -2.31. The molecule has 0 saturated carbocycles. The van der Waals surface area contributed by atoms with E-state index in [9.17, 15) is 4.79 Å². The van der Waals surface area contributed by atoms with Crippen molar-refractivity contribution in [3.05, 3.63) is 40.7 Å². The average Bonchev–Trinajstić information content (AvgIpc) is 3.22. The average molecular weight is 414 g/mol. The summed E-state index contributed by atoms with van der Waals surface area (Å²) < 4.78 is 11.3. The number of benzene rings is 1. The molecule has 7 heteroatoms. The molecule has 1 fully saturated rings. The van der Waals surface area contributed by atoms with Gasteiger partial charge in [0.05, 0.1) is 6.04 Å². The van der Waals surface area contributed by atoms with Gasteiger partial charge in [-0.15, -0.1) is 0 Å². The molecule has 0 spiro atoms. The Morgan fingerprint density at radius 1 is 1.17 bits per heavy atom. The highest BCUT2D eigenvalue weighted by molar-refractivity contribution is 7.98. The Hall–Kier alpha value is -2.28. The molecule has 4 rings (SSSR count). The van der Waals surface area contributed by atoms with Crippen molar-refractivity contribution in [1.29, 1.82) is 0 Å². The van der Waals surface area contributed by atoms with E-state index in [4.69, 9.17) is 9.47 Å². The van der Waals surface area contributed by atoms with Crippen molar-refractivity contribution in [2.24, 2.45) is 0 Å². The summed E-state index contributed by atoms with van der Waals surface area (Å²) in [4.78, 5) is 24.1. The number of carbonyl (C=O) groups excluding carboxylic acids is 1. The Labute approximate surface area is 176 Å². The fourth-order valence-electron chi connectivity index (χ4n) is 4.22. The number of amides is 1. The SMILES string of the molecule is CSc1nc(C)c(CCC(=O)N2CCC[C@@H]2c2ccc3c(c2)OCCO3)c(C)n1. The number of ether oxygens (including phenoxy) is 2. The van der Waals surface area contributed by atoms with Gasteiger partial charge in [0.15, 0.2) is 16.7 Å². The van der Waals surface area contributed by atoms with Gasteiger partial charge in [-0.05, 0) is 62.6 Å². The summed E-state index contributed by atoms with van der Waals surface area (Å²) in [6, 6.07) is 6.17. The topological polar surface area (TPSA) is 64.6 Å². The summed E-state index contributed by atoms with van der Waals surface area (Å²) in [5.41, 5.74) is 4.16. The number of likely N-dealkylation sites (tertiary alicyclic amines) is 1. The third-order valence-corrected chi connectivity index (χ3v) is 6.24. The van der Waals surface area contributed by atoms with Crippen LogP contribution in [0.4, 0.5) is 0 Å². The Balaban J connectivity index is 1.46. The molecule has 0 bridgehead atoms. The molecule has 0 radical (unpaired) electrons. The molecule has 2 aliphatic rings.